The molecule has 25 heavy (non-hydrogen) atoms. The largest absolute Gasteiger partial charge is 0.436 e. The molecule has 0 heterocycles. The van der Waals surface area contributed by atoms with Crippen LogP contribution in [0.1, 0.15) is 100 Å². The summed E-state index contributed by atoms with van der Waals surface area (Å²) in [7, 11) is 0. The zero-order valence-corrected chi connectivity index (χ0v) is 18.0. The molecule has 2 unspecified atom stereocenters. The standard InChI is InChI=1S/C22H42O3/c1-17(24-15-14-18-12-10-9-11-13-18)25-19(23)22(8,21(5,6)7)16-20(2,3)4/h17-18H,9-16H2,1-8H3. The Hall–Kier alpha value is -0.570. The topological polar surface area (TPSA) is 35.5 Å². The van der Waals surface area contributed by atoms with E-state index in [1.165, 1.54) is 32.1 Å². The molecule has 0 saturated heterocycles. The van der Waals surface area contributed by atoms with Crippen LogP contribution in [-0.4, -0.2) is 18.9 Å². The van der Waals surface area contributed by atoms with Crippen LogP contribution < -0.4 is 0 Å². The highest BCUT2D eigenvalue weighted by atomic mass is 16.7. The molecule has 0 amide bonds. The van der Waals surface area contributed by atoms with Gasteiger partial charge in [-0.15, -0.1) is 0 Å². The Bertz CT molecular complexity index is 410. The van der Waals surface area contributed by atoms with Gasteiger partial charge >= 0.3 is 5.97 Å². The molecule has 0 aromatic heterocycles. The quantitative estimate of drug-likeness (QED) is 0.394. The smallest absolute Gasteiger partial charge is 0.314 e. The van der Waals surface area contributed by atoms with Crippen LogP contribution in [0.2, 0.25) is 0 Å². The van der Waals surface area contributed by atoms with Gasteiger partial charge in [0.2, 0.25) is 0 Å². The fraction of sp³-hybridized carbons (Fsp3) is 0.955. The fourth-order valence-electron chi connectivity index (χ4n) is 3.90. The highest BCUT2D eigenvalue weighted by molar-refractivity contribution is 5.77. The van der Waals surface area contributed by atoms with Crippen molar-refractivity contribution in [3.05, 3.63) is 0 Å². The van der Waals surface area contributed by atoms with Crippen LogP contribution in [0.15, 0.2) is 0 Å². The average molecular weight is 355 g/mol. The number of hydrogen-bond acceptors (Lipinski definition) is 3. The summed E-state index contributed by atoms with van der Waals surface area (Å²) < 4.78 is 11.5. The lowest BCUT2D eigenvalue weighted by molar-refractivity contribution is -0.194. The maximum absolute atomic E-state index is 13.0. The monoisotopic (exact) mass is 354 g/mol. The average Bonchev–Trinajstić information content (AvgIpc) is 2.45. The molecule has 1 fully saturated rings. The Kier molecular flexibility index (Phi) is 7.98. The third-order valence-electron chi connectivity index (χ3n) is 5.87. The van der Waals surface area contributed by atoms with Crippen molar-refractivity contribution in [3.63, 3.8) is 0 Å². The Morgan fingerprint density at radius 1 is 1.00 bits per heavy atom. The van der Waals surface area contributed by atoms with Gasteiger partial charge in [-0.25, -0.2) is 0 Å². The number of rotatable bonds is 7. The van der Waals surface area contributed by atoms with Crippen molar-refractivity contribution in [2.75, 3.05) is 6.61 Å². The molecule has 1 aliphatic rings. The van der Waals surface area contributed by atoms with Crippen molar-refractivity contribution < 1.29 is 14.3 Å². The van der Waals surface area contributed by atoms with Crippen LogP contribution in [-0.2, 0) is 14.3 Å². The molecule has 0 spiro atoms. The minimum atomic E-state index is -0.535. The van der Waals surface area contributed by atoms with Gasteiger partial charge in [-0.2, -0.15) is 0 Å². The zero-order chi connectivity index (χ0) is 19.3. The van der Waals surface area contributed by atoms with E-state index in [9.17, 15) is 4.79 Å². The Morgan fingerprint density at radius 2 is 1.56 bits per heavy atom. The molecular weight excluding hydrogens is 312 g/mol. The van der Waals surface area contributed by atoms with E-state index in [2.05, 4.69) is 41.5 Å². The third-order valence-corrected chi connectivity index (χ3v) is 5.87. The lowest BCUT2D eigenvalue weighted by Crippen LogP contribution is -2.45. The first-order valence-electron chi connectivity index (χ1n) is 10.2. The number of esters is 1. The van der Waals surface area contributed by atoms with Gasteiger partial charge in [-0.3, -0.25) is 4.79 Å². The lowest BCUT2D eigenvalue weighted by atomic mass is 9.61. The lowest BCUT2D eigenvalue weighted by Gasteiger charge is -2.43. The van der Waals surface area contributed by atoms with Gasteiger partial charge in [0.1, 0.15) is 0 Å². The number of carbonyl (C=O) groups excluding carboxylic acids is 1. The number of hydrogen-bond donors (Lipinski definition) is 0. The summed E-state index contributed by atoms with van der Waals surface area (Å²) in [6.07, 6.45) is 8.13. The van der Waals surface area contributed by atoms with E-state index >= 15 is 0 Å². The molecule has 1 rings (SSSR count). The Balaban J connectivity index is 2.54. The van der Waals surface area contributed by atoms with E-state index in [0.29, 0.717) is 6.61 Å². The first kappa shape index (κ1) is 22.5. The molecule has 0 aliphatic heterocycles. The SMILES string of the molecule is CC(OCCC1CCCCC1)OC(=O)C(C)(CC(C)(C)C)C(C)(C)C. The number of carbonyl (C=O) groups is 1. The van der Waals surface area contributed by atoms with Crippen molar-refractivity contribution in [1.82, 2.24) is 0 Å². The Morgan fingerprint density at radius 3 is 2.04 bits per heavy atom. The molecular formula is C22H42O3. The second kappa shape index (κ2) is 8.88. The molecule has 148 valence electrons. The van der Waals surface area contributed by atoms with Crippen molar-refractivity contribution in [1.29, 1.82) is 0 Å². The minimum absolute atomic E-state index is 0.0616. The van der Waals surface area contributed by atoms with Crippen molar-refractivity contribution in [3.8, 4) is 0 Å². The number of ether oxygens (including phenoxy) is 2. The van der Waals surface area contributed by atoms with E-state index in [-0.39, 0.29) is 16.8 Å². The first-order chi connectivity index (χ1) is 11.3. The summed E-state index contributed by atoms with van der Waals surface area (Å²) in [6.45, 7) is 17.5. The van der Waals surface area contributed by atoms with Crippen LogP contribution in [0.3, 0.4) is 0 Å². The second-order valence-electron chi connectivity index (χ2n) is 10.5. The summed E-state index contributed by atoms with van der Waals surface area (Å²) in [6, 6.07) is 0. The van der Waals surface area contributed by atoms with Crippen molar-refractivity contribution >= 4 is 5.97 Å². The molecule has 0 bridgehead atoms. The van der Waals surface area contributed by atoms with Gasteiger partial charge in [-0.1, -0.05) is 73.6 Å². The minimum Gasteiger partial charge on any atom is -0.436 e. The summed E-state index contributed by atoms with van der Waals surface area (Å²) in [4.78, 5) is 13.0. The molecule has 2 atom stereocenters. The maximum atomic E-state index is 13.0. The molecule has 0 aromatic rings. The molecule has 1 aliphatic carbocycles. The van der Waals surface area contributed by atoms with Gasteiger partial charge in [0.05, 0.1) is 12.0 Å². The highest BCUT2D eigenvalue weighted by Gasteiger charge is 2.48. The van der Waals surface area contributed by atoms with E-state index in [1.54, 1.807) is 0 Å². The predicted octanol–water partition coefficient (Wildman–Crippen LogP) is 6.35. The van der Waals surface area contributed by atoms with Gasteiger partial charge < -0.3 is 9.47 Å². The Labute approximate surface area is 156 Å². The van der Waals surface area contributed by atoms with E-state index in [4.69, 9.17) is 9.47 Å². The summed E-state index contributed by atoms with van der Waals surface area (Å²) in [5.74, 6) is 0.650. The molecule has 0 N–H and O–H groups in total. The van der Waals surface area contributed by atoms with Crippen LogP contribution >= 0.6 is 0 Å². The molecule has 1 saturated carbocycles. The van der Waals surface area contributed by atoms with Gasteiger partial charge in [-0.05, 0) is 43.4 Å². The maximum Gasteiger partial charge on any atom is 0.314 e. The molecule has 0 aromatic carbocycles. The normalized spacial score (nSPS) is 20.8. The van der Waals surface area contributed by atoms with E-state index < -0.39 is 11.7 Å². The zero-order valence-electron chi connectivity index (χ0n) is 18.0. The third kappa shape index (κ3) is 7.29. The van der Waals surface area contributed by atoms with Crippen molar-refractivity contribution in [2.45, 2.75) is 107 Å². The fourth-order valence-corrected chi connectivity index (χ4v) is 3.90. The van der Waals surface area contributed by atoms with Gasteiger partial charge in [0.25, 0.3) is 0 Å². The molecule has 3 heteroatoms. The van der Waals surface area contributed by atoms with E-state index in [1.807, 2.05) is 13.8 Å². The van der Waals surface area contributed by atoms with Crippen LogP contribution in [0.5, 0.6) is 0 Å². The van der Waals surface area contributed by atoms with Gasteiger partial charge in [0.15, 0.2) is 6.29 Å². The van der Waals surface area contributed by atoms with Gasteiger partial charge in [0, 0.05) is 0 Å². The second-order valence-corrected chi connectivity index (χ2v) is 10.5. The molecule has 0 radical (unpaired) electrons. The van der Waals surface area contributed by atoms with Crippen LogP contribution in [0.4, 0.5) is 0 Å². The summed E-state index contributed by atoms with van der Waals surface area (Å²) in [5, 5.41) is 0. The van der Waals surface area contributed by atoms with E-state index in [0.717, 1.165) is 18.8 Å². The summed E-state index contributed by atoms with van der Waals surface area (Å²) >= 11 is 0. The van der Waals surface area contributed by atoms with Crippen LogP contribution in [0, 0.1) is 22.2 Å². The molecule has 3 nitrogen and oxygen atoms in total. The first-order valence-corrected chi connectivity index (χ1v) is 10.2. The predicted molar refractivity (Wildman–Crippen MR) is 104 cm³/mol. The van der Waals surface area contributed by atoms with Crippen molar-refractivity contribution in [2.24, 2.45) is 22.2 Å². The summed E-state index contributed by atoms with van der Waals surface area (Å²) in [5.41, 5.74) is -0.641. The highest BCUT2D eigenvalue weighted by Crippen LogP contribution is 2.47. The van der Waals surface area contributed by atoms with Crippen LogP contribution in [0.25, 0.3) is 0 Å².